The highest BCUT2D eigenvalue weighted by Crippen LogP contribution is 2.33. The Labute approximate surface area is 159 Å². The van der Waals surface area contributed by atoms with Crippen LogP contribution in [-0.4, -0.2) is 23.6 Å². The van der Waals surface area contributed by atoms with Crippen molar-refractivity contribution in [2.75, 3.05) is 6.79 Å². The van der Waals surface area contributed by atoms with Crippen LogP contribution in [0.15, 0.2) is 64.8 Å². The van der Waals surface area contributed by atoms with Crippen molar-refractivity contribution >= 4 is 23.6 Å². The number of esters is 1. The van der Waals surface area contributed by atoms with Crippen LogP contribution in [-0.2, 0) is 9.53 Å². The van der Waals surface area contributed by atoms with E-state index in [2.05, 4.69) is 4.99 Å². The fraction of sp³-hybridized carbons (Fsp3) is 0.100. The van der Waals surface area contributed by atoms with Crippen molar-refractivity contribution in [1.29, 1.82) is 0 Å². The lowest BCUT2D eigenvalue weighted by Crippen LogP contribution is -2.05. The quantitative estimate of drug-likeness (QED) is 0.349. The zero-order valence-electron chi connectivity index (χ0n) is 14.7. The highest BCUT2D eigenvalue weighted by Gasteiger charge is 2.24. The minimum atomic E-state index is -0.577. The monoisotopic (exact) mass is 378 g/mol. The van der Waals surface area contributed by atoms with Crippen LogP contribution in [0.25, 0.3) is 6.08 Å². The zero-order chi connectivity index (χ0) is 19.7. The number of benzene rings is 2. The second-order valence-electron chi connectivity index (χ2n) is 6.14. The molecule has 0 amide bonds. The molecule has 0 radical (unpaired) electrons. The van der Waals surface area contributed by atoms with Crippen molar-refractivity contribution in [3.05, 3.63) is 81.1 Å². The van der Waals surface area contributed by atoms with Crippen LogP contribution in [0, 0.1) is 10.1 Å². The topological polar surface area (TPSA) is 100 Å². The SMILES string of the molecule is CC(/C=C1\N=C(c2ccc([N+](=O)[O-])cc2)OC1=O)=C\c1ccc2c(c1)OCO2. The number of hydrogen-bond acceptors (Lipinski definition) is 7. The van der Waals surface area contributed by atoms with Crippen LogP contribution in [0.2, 0.25) is 0 Å². The predicted octanol–water partition coefficient (Wildman–Crippen LogP) is 3.61. The number of ether oxygens (including phenoxy) is 3. The summed E-state index contributed by atoms with van der Waals surface area (Å²) in [6.45, 7) is 2.04. The molecule has 0 saturated heterocycles. The Balaban J connectivity index is 1.56. The van der Waals surface area contributed by atoms with E-state index < -0.39 is 10.9 Å². The molecule has 0 aromatic heterocycles. The molecule has 0 spiro atoms. The van der Waals surface area contributed by atoms with Crippen molar-refractivity contribution < 1.29 is 23.9 Å². The van der Waals surface area contributed by atoms with Gasteiger partial charge in [0.25, 0.3) is 5.69 Å². The van der Waals surface area contributed by atoms with Crippen molar-refractivity contribution in [3.63, 3.8) is 0 Å². The lowest BCUT2D eigenvalue weighted by Gasteiger charge is -1.99. The van der Waals surface area contributed by atoms with E-state index in [1.807, 2.05) is 31.2 Å². The Kier molecular flexibility index (Phi) is 4.36. The Bertz CT molecular complexity index is 1070. The van der Waals surface area contributed by atoms with Gasteiger partial charge in [-0.05, 0) is 48.4 Å². The first-order chi connectivity index (χ1) is 13.5. The third-order valence-corrected chi connectivity index (χ3v) is 4.10. The maximum atomic E-state index is 12.1. The number of carbonyl (C=O) groups is 1. The summed E-state index contributed by atoms with van der Waals surface area (Å²) in [7, 11) is 0. The number of nitro groups is 1. The van der Waals surface area contributed by atoms with Gasteiger partial charge in [0.1, 0.15) is 0 Å². The summed E-state index contributed by atoms with van der Waals surface area (Å²) >= 11 is 0. The number of aliphatic imine (C=N–C) groups is 1. The minimum absolute atomic E-state index is 0.0491. The highest BCUT2D eigenvalue weighted by molar-refractivity contribution is 6.11. The van der Waals surface area contributed by atoms with Crippen LogP contribution >= 0.6 is 0 Å². The highest BCUT2D eigenvalue weighted by atomic mass is 16.7. The van der Waals surface area contributed by atoms with Crippen LogP contribution in [0.3, 0.4) is 0 Å². The maximum Gasteiger partial charge on any atom is 0.363 e. The van der Waals surface area contributed by atoms with Gasteiger partial charge >= 0.3 is 5.97 Å². The Morgan fingerprint density at radius 2 is 1.89 bits per heavy atom. The summed E-state index contributed by atoms with van der Waals surface area (Å²) < 4.78 is 15.8. The minimum Gasteiger partial charge on any atom is -0.454 e. The number of allylic oxidation sites excluding steroid dienone is 2. The van der Waals surface area contributed by atoms with E-state index in [1.165, 1.54) is 24.3 Å². The molecule has 2 aromatic carbocycles. The van der Waals surface area contributed by atoms with Crippen LogP contribution in [0.1, 0.15) is 18.1 Å². The number of nitro benzene ring substituents is 1. The second kappa shape index (κ2) is 6.99. The zero-order valence-corrected chi connectivity index (χ0v) is 14.7. The summed E-state index contributed by atoms with van der Waals surface area (Å²) in [6, 6.07) is 11.2. The third-order valence-electron chi connectivity index (χ3n) is 4.10. The normalized spacial score (nSPS) is 16.9. The Morgan fingerprint density at radius 3 is 2.64 bits per heavy atom. The smallest absolute Gasteiger partial charge is 0.363 e. The van der Waals surface area contributed by atoms with E-state index in [0.29, 0.717) is 17.1 Å². The molecule has 140 valence electrons. The van der Waals surface area contributed by atoms with Gasteiger partial charge in [-0.2, -0.15) is 0 Å². The molecule has 2 aromatic rings. The van der Waals surface area contributed by atoms with Gasteiger partial charge in [0.2, 0.25) is 12.7 Å². The summed E-state index contributed by atoms with van der Waals surface area (Å²) in [5.41, 5.74) is 2.28. The van der Waals surface area contributed by atoms with Crippen LogP contribution < -0.4 is 9.47 Å². The molecular weight excluding hydrogens is 364 g/mol. The fourth-order valence-electron chi connectivity index (χ4n) is 2.78. The molecular formula is C20H14N2O6. The van der Waals surface area contributed by atoms with E-state index in [0.717, 1.165) is 11.1 Å². The number of carbonyl (C=O) groups excluding carboxylic acids is 1. The van der Waals surface area contributed by atoms with Crippen molar-refractivity contribution in [2.24, 2.45) is 4.99 Å². The van der Waals surface area contributed by atoms with Gasteiger partial charge in [-0.25, -0.2) is 9.79 Å². The van der Waals surface area contributed by atoms with E-state index in [9.17, 15) is 14.9 Å². The summed E-state index contributed by atoms with van der Waals surface area (Å²) in [5.74, 6) is 0.909. The number of hydrogen-bond donors (Lipinski definition) is 0. The van der Waals surface area contributed by atoms with Crippen LogP contribution in [0.5, 0.6) is 11.5 Å². The lowest BCUT2D eigenvalue weighted by atomic mass is 10.1. The van der Waals surface area contributed by atoms with Gasteiger partial charge in [0.15, 0.2) is 17.2 Å². The second-order valence-corrected chi connectivity index (χ2v) is 6.14. The van der Waals surface area contributed by atoms with E-state index >= 15 is 0 Å². The standard InChI is InChI=1S/C20H14N2O6/c1-12(8-13-2-7-17-18(10-13)27-11-26-17)9-16-20(23)28-19(21-16)14-3-5-15(6-4-14)22(24)25/h2-10H,11H2,1H3/b12-8+,16-9-. The van der Waals surface area contributed by atoms with E-state index in [4.69, 9.17) is 14.2 Å². The molecule has 2 heterocycles. The number of nitrogens with zero attached hydrogens (tertiary/aromatic N) is 2. The molecule has 0 atom stereocenters. The largest absolute Gasteiger partial charge is 0.454 e. The summed E-state index contributed by atoms with van der Waals surface area (Å²) in [4.78, 5) is 26.5. The molecule has 0 unspecified atom stereocenters. The molecule has 28 heavy (non-hydrogen) atoms. The van der Waals surface area contributed by atoms with Crippen molar-refractivity contribution in [1.82, 2.24) is 0 Å². The van der Waals surface area contributed by atoms with Crippen molar-refractivity contribution in [2.45, 2.75) is 6.92 Å². The van der Waals surface area contributed by atoms with Gasteiger partial charge in [-0.1, -0.05) is 12.1 Å². The number of cyclic esters (lactones) is 1. The summed E-state index contributed by atoms with van der Waals surface area (Å²) in [6.07, 6.45) is 3.49. The van der Waals surface area contributed by atoms with Gasteiger partial charge in [-0.3, -0.25) is 10.1 Å². The molecule has 0 fully saturated rings. The van der Waals surface area contributed by atoms with Crippen LogP contribution in [0.4, 0.5) is 5.69 Å². The molecule has 2 aliphatic heterocycles. The average Bonchev–Trinajstić information content (AvgIpc) is 3.28. The molecule has 8 heteroatoms. The van der Waals surface area contributed by atoms with Gasteiger partial charge in [0.05, 0.1) is 4.92 Å². The first-order valence-electron chi connectivity index (χ1n) is 8.35. The third kappa shape index (κ3) is 3.48. The van der Waals surface area contributed by atoms with Gasteiger partial charge in [-0.15, -0.1) is 0 Å². The molecule has 8 nitrogen and oxygen atoms in total. The van der Waals surface area contributed by atoms with Gasteiger partial charge in [0, 0.05) is 17.7 Å². The predicted molar refractivity (Wildman–Crippen MR) is 100 cm³/mol. The Morgan fingerprint density at radius 1 is 1.14 bits per heavy atom. The first-order valence-corrected chi connectivity index (χ1v) is 8.35. The maximum absolute atomic E-state index is 12.1. The number of fused-ring (bicyclic) bond motifs is 1. The molecule has 0 aliphatic carbocycles. The number of non-ortho nitro benzene ring substituents is 1. The number of rotatable bonds is 4. The van der Waals surface area contributed by atoms with E-state index in [-0.39, 0.29) is 24.1 Å². The lowest BCUT2D eigenvalue weighted by molar-refractivity contribution is -0.384. The average molecular weight is 378 g/mol. The molecule has 4 rings (SSSR count). The molecule has 2 aliphatic rings. The first kappa shape index (κ1) is 17.5. The molecule has 0 saturated carbocycles. The van der Waals surface area contributed by atoms with Crippen molar-refractivity contribution in [3.8, 4) is 11.5 Å². The molecule has 0 bridgehead atoms. The summed E-state index contributed by atoms with van der Waals surface area (Å²) in [5, 5.41) is 10.7. The van der Waals surface area contributed by atoms with E-state index in [1.54, 1.807) is 6.08 Å². The Hall–Kier alpha value is -3.94. The van der Waals surface area contributed by atoms with Gasteiger partial charge < -0.3 is 14.2 Å². The fourth-order valence-corrected chi connectivity index (χ4v) is 2.78. The molecule has 0 N–H and O–H groups in total.